The Morgan fingerprint density at radius 2 is 1.81 bits per heavy atom. The topological polar surface area (TPSA) is 106 Å². The summed E-state index contributed by atoms with van der Waals surface area (Å²) < 4.78 is 6.66. The molecule has 8 nitrogen and oxygen atoms in total. The maximum absolute atomic E-state index is 12.1. The number of oxazole rings is 1. The van der Waals surface area contributed by atoms with Crippen LogP contribution in [0.25, 0.3) is 22.0 Å². The van der Waals surface area contributed by atoms with E-state index in [1.807, 2.05) is 36.4 Å². The molecule has 2 aromatic heterocycles. The Morgan fingerprint density at radius 1 is 1.00 bits per heavy atom. The number of thioether (sulfide) groups is 1. The van der Waals surface area contributed by atoms with Crippen molar-refractivity contribution in [3.63, 3.8) is 0 Å². The molecule has 0 saturated heterocycles. The van der Waals surface area contributed by atoms with Crippen molar-refractivity contribution in [1.82, 2.24) is 20.4 Å². The van der Waals surface area contributed by atoms with E-state index in [0.29, 0.717) is 24.1 Å². The number of benzene rings is 2. The van der Waals surface area contributed by atoms with Gasteiger partial charge in [0, 0.05) is 29.4 Å². The molecule has 31 heavy (non-hydrogen) atoms. The van der Waals surface area contributed by atoms with Gasteiger partial charge in [0.05, 0.1) is 16.8 Å². The number of rotatable bonds is 7. The van der Waals surface area contributed by atoms with Crippen molar-refractivity contribution < 1.29 is 14.0 Å². The van der Waals surface area contributed by atoms with Crippen LogP contribution in [0.15, 0.2) is 74.9 Å². The second-order valence-electron chi connectivity index (χ2n) is 6.81. The Morgan fingerprint density at radius 3 is 2.71 bits per heavy atom. The van der Waals surface area contributed by atoms with Crippen molar-refractivity contribution in [2.24, 2.45) is 0 Å². The fraction of sp³-hybridized carbons (Fsp3) is 0.182. The van der Waals surface area contributed by atoms with Crippen molar-refractivity contribution in [2.75, 3.05) is 5.75 Å². The van der Waals surface area contributed by atoms with Crippen LogP contribution in [0.3, 0.4) is 0 Å². The highest BCUT2D eigenvalue weighted by Crippen LogP contribution is 2.25. The van der Waals surface area contributed by atoms with Crippen LogP contribution in [0.4, 0.5) is 0 Å². The molecule has 0 aliphatic carbocycles. The average molecular weight is 436 g/mol. The van der Waals surface area contributed by atoms with Gasteiger partial charge >= 0.3 is 5.76 Å². The number of para-hydroxylation sites is 3. The largest absolute Gasteiger partial charge is 0.419 e. The number of carbonyl (C=O) groups is 2. The van der Waals surface area contributed by atoms with E-state index >= 15 is 0 Å². The van der Waals surface area contributed by atoms with Crippen LogP contribution in [0.1, 0.15) is 12.8 Å². The number of hydrazine groups is 1. The predicted octanol–water partition coefficient (Wildman–Crippen LogP) is 2.86. The van der Waals surface area contributed by atoms with Gasteiger partial charge in [0.2, 0.25) is 11.8 Å². The van der Waals surface area contributed by atoms with Gasteiger partial charge in [-0.05, 0) is 30.7 Å². The molecule has 4 aromatic rings. The number of carbonyl (C=O) groups excluding carboxylic acids is 2. The molecule has 0 saturated carbocycles. The molecule has 0 fully saturated rings. The summed E-state index contributed by atoms with van der Waals surface area (Å²) in [5.41, 5.74) is 6.88. The second kappa shape index (κ2) is 9.48. The van der Waals surface area contributed by atoms with Crippen LogP contribution < -0.4 is 16.6 Å². The van der Waals surface area contributed by atoms with Gasteiger partial charge in [0.1, 0.15) is 0 Å². The van der Waals surface area contributed by atoms with Gasteiger partial charge < -0.3 is 4.42 Å². The summed E-state index contributed by atoms with van der Waals surface area (Å²) in [5.74, 6) is -0.948. The van der Waals surface area contributed by atoms with Gasteiger partial charge in [-0.15, -0.1) is 11.8 Å². The van der Waals surface area contributed by atoms with Crippen molar-refractivity contribution in [3.05, 3.63) is 71.3 Å². The van der Waals surface area contributed by atoms with Crippen LogP contribution in [-0.2, 0) is 16.1 Å². The minimum absolute atomic E-state index is 0.145. The first-order chi connectivity index (χ1) is 15.1. The van der Waals surface area contributed by atoms with Crippen molar-refractivity contribution in [2.45, 2.75) is 24.3 Å². The molecule has 2 aromatic carbocycles. The van der Waals surface area contributed by atoms with Crippen LogP contribution in [0, 0.1) is 0 Å². The summed E-state index contributed by atoms with van der Waals surface area (Å²) in [6, 6.07) is 16.8. The summed E-state index contributed by atoms with van der Waals surface area (Å²) in [5, 5.41) is 1.01. The zero-order valence-corrected chi connectivity index (χ0v) is 17.4. The molecule has 4 rings (SSSR count). The van der Waals surface area contributed by atoms with Crippen LogP contribution >= 0.6 is 11.8 Å². The number of hydrogen-bond donors (Lipinski definition) is 2. The van der Waals surface area contributed by atoms with Crippen molar-refractivity contribution >= 4 is 45.6 Å². The minimum atomic E-state index is -0.449. The van der Waals surface area contributed by atoms with Crippen LogP contribution in [0.2, 0.25) is 0 Å². The van der Waals surface area contributed by atoms with Crippen LogP contribution in [-0.4, -0.2) is 27.1 Å². The molecule has 0 atom stereocenters. The van der Waals surface area contributed by atoms with E-state index in [2.05, 4.69) is 15.8 Å². The zero-order valence-electron chi connectivity index (χ0n) is 16.5. The van der Waals surface area contributed by atoms with E-state index in [1.165, 1.54) is 16.3 Å². The molecule has 0 aliphatic heterocycles. The van der Waals surface area contributed by atoms with Crippen LogP contribution in [0.5, 0.6) is 0 Å². The number of nitrogens with one attached hydrogen (secondary N) is 2. The number of pyridine rings is 1. The van der Waals surface area contributed by atoms with E-state index in [0.717, 1.165) is 15.8 Å². The lowest BCUT2D eigenvalue weighted by Crippen LogP contribution is -2.42. The average Bonchev–Trinajstić information content (AvgIpc) is 3.11. The zero-order chi connectivity index (χ0) is 21.6. The Hall–Kier alpha value is -3.59. The summed E-state index contributed by atoms with van der Waals surface area (Å²) in [7, 11) is 0. The lowest BCUT2D eigenvalue weighted by molar-refractivity contribution is -0.127. The Bertz CT molecular complexity index is 1290. The van der Waals surface area contributed by atoms with E-state index in [4.69, 9.17) is 4.42 Å². The third-order valence-corrected chi connectivity index (χ3v) is 5.70. The fourth-order valence-corrected chi connectivity index (χ4v) is 4.04. The van der Waals surface area contributed by atoms with E-state index in [9.17, 15) is 14.4 Å². The first-order valence-corrected chi connectivity index (χ1v) is 10.7. The standard InChI is InChI=1S/C22H20N4O4S/c27-19(11-5-13-26-16-8-1-2-9-17(16)30-22(26)29)24-25-20(28)14-31-18-10-3-6-15-7-4-12-23-21(15)18/h1-4,6-10,12H,5,11,13-14H2,(H,24,27)(H,25,28). The molecule has 2 N–H and O–H groups in total. The number of fused-ring (bicyclic) bond motifs is 2. The smallest absolute Gasteiger partial charge is 0.408 e. The first kappa shape index (κ1) is 20.7. The van der Waals surface area contributed by atoms with Gasteiger partial charge in [-0.25, -0.2) is 4.79 Å². The summed E-state index contributed by atoms with van der Waals surface area (Å²) in [6.07, 6.45) is 2.31. The third kappa shape index (κ3) is 4.95. The number of nitrogens with zero attached hydrogens (tertiary/aromatic N) is 2. The molecular formula is C22H20N4O4S. The summed E-state index contributed by atoms with van der Waals surface area (Å²) in [6.45, 7) is 0.348. The second-order valence-corrected chi connectivity index (χ2v) is 7.82. The fourth-order valence-electron chi connectivity index (χ4n) is 3.20. The number of aromatic nitrogens is 2. The normalized spacial score (nSPS) is 11.0. The minimum Gasteiger partial charge on any atom is -0.408 e. The van der Waals surface area contributed by atoms with Gasteiger partial charge in [-0.1, -0.05) is 30.3 Å². The van der Waals surface area contributed by atoms with E-state index < -0.39 is 5.76 Å². The molecule has 0 unspecified atom stereocenters. The van der Waals surface area contributed by atoms with Crippen molar-refractivity contribution in [1.29, 1.82) is 0 Å². The monoisotopic (exact) mass is 436 g/mol. The molecule has 158 valence electrons. The van der Waals surface area contributed by atoms with E-state index in [1.54, 1.807) is 24.4 Å². The highest BCUT2D eigenvalue weighted by atomic mass is 32.2. The lowest BCUT2D eigenvalue weighted by Gasteiger charge is -2.08. The van der Waals surface area contributed by atoms with Gasteiger partial charge in [-0.2, -0.15) is 0 Å². The quantitative estimate of drug-likeness (QED) is 0.341. The molecule has 0 spiro atoms. The summed E-state index contributed by atoms with van der Waals surface area (Å²) >= 11 is 1.35. The third-order valence-electron chi connectivity index (χ3n) is 4.66. The SMILES string of the molecule is O=C(CCCn1c(=O)oc2ccccc21)NNC(=O)CSc1cccc2cccnc12. The number of amides is 2. The van der Waals surface area contributed by atoms with E-state index in [-0.39, 0.29) is 24.0 Å². The summed E-state index contributed by atoms with van der Waals surface area (Å²) in [4.78, 5) is 41.3. The Balaban J connectivity index is 1.22. The number of aryl methyl sites for hydroxylation is 1. The molecule has 2 heterocycles. The number of hydrogen-bond acceptors (Lipinski definition) is 6. The lowest BCUT2D eigenvalue weighted by atomic mass is 10.2. The Labute approximate surface area is 181 Å². The first-order valence-electron chi connectivity index (χ1n) is 9.74. The molecule has 0 radical (unpaired) electrons. The Kier molecular flexibility index (Phi) is 6.32. The molecule has 0 bridgehead atoms. The molecule has 2 amide bonds. The highest BCUT2D eigenvalue weighted by Gasteiger charge is 2.10. The van der Waals surface area contributed by atoms with Gasteiger partial charge in [0.15, 0.2) is 5.58 Å². The maximum Gasteiger partial charge on any atom is 0.419 e. The van der Waals surface area contributed by atoms with Gasteiger partial charge in [-0.3, -0.25) is 30.0 Å². The maximum atomic E-state index is 12.1. The van der Waals surface area contributed by atoms with Gasteiger partial charge in [0.25, 0.3) is 0 Å². The predicted molar refractivity (Wildman–Crippen MR) is 118 cm³/mol. The highest BCUT2D eigenvalue weighted by molar-refractivity contribution is 8.00. The van der Waals surface area contributed by atoms with Crippen molar-refractivity contribution in [3.8, 4) is 0 Å². The molecular weight excluding hydrogens is 416 g/mol. The molecule has 9 heteroatoms. The molecule has 0 aliphatic rings.